The van der Waals surface area contributed by atoms with Crippen molar-refractivity contribution in [3.05, 3.63) is 47.8 Å². The van der Waals surface area contributed by atoms with Gasteiger partial charge in [0.2, 0.25) is 0 Å². The number of hydrogen-bond acceptors (Lipinski definition) is 3. The van der Waals surface area contributed by atoms with Gasteiger partial charge in [-0.15, -0.1) is 0 Å². The number of anilines is 1. The fourth-order valence-corrected chi connectivity index (χ4v) is 1.70. The Hall–Kier alpha value is -2.10. The van der Waals surface area contributed by atoms with E-state index in [0.29, 0.717) is 19.4 Å². The molecule has 0 aliphatic heterocycles. The van der Waals surface area contributed by atoms with Gasteiger partial charge in [-0.25, -0.2) is 4.39 Å². The molecule has 0 unspecified atom stereocenters. The Kier molecular flexibility index (Phi) is 7.11. The van der Waals surface area contributed by atoms with Crippen LogP contribution in [0.3, 0.4) is 0 Å². The van der Waals surface area contributed by atoms with Gasteiger partial charge in [-0.05, 0) is 24.6 Å². The van der Waals surface area contributed by atoms with Gasteiger partial charge in [0.1, 0.15) is 5.75 Å². The molecule has 0 saturated heterocycles. The van der Waals surface area contributed by atoms with Crippen LogP contribution in [0.2, 0.25) is 0 Å². The van der Waals surface area contributed by atoms with Gasteiger partial charge in [-0.2, -0.15) is 0 Å². The molecule has 0 bridgehead atoms. The van der Waals surface area contributed by atoms with E-state index in [1.807, 2.05) is 25.1 Å². The van der Waals surface area contributed by atoms with Crippen LogP contribution in [0, 0.1) is 5.41 Å². The molecule has 0 heterocycles. The summed E-state index contributed by atoms with van der Waals surface area (Å²) in [5.41, 5.74) is 1.62. The molecule has 3 nitrogen and oxygen atoms in total. The van der Waals surface area contributed by atoms with E-state index in [9.17, 15) is 4.39 Å². The molecule has 0 amide bonds. The predicted octanol–water partition coefficient (Wildman–Crippen LogP) is 4.31. The van der Waals surface area contributed by atoms with Gasteiger partial charge in [0, 0.05) is 30.4 Å². The van der Waals surface area contributed by atoms with Crippen molar-refractivity contribution in [2.24, 2.45) is 0 Å². The summed E-state index contributed by atoms with van der Waals surface area (Å²) in [4.78, 5) is 0. The maximum atomic E-state index is 13.1. The van der Waals surface area contributed by atoms with E-state index in [1.54, 1.807) is 25.3 Å². The number of hydrogen-bond donors (Lipinski definition) is 2. The first-order chi connectivity index (χ1) is 9.71. The molecular weight excluding hydrogens is 255 g/mol. The highest BCUT2D eigenvalue weighted by atomic mass is 19.1. The Balaban J connectivity index is 2.51. The first kappa shape index (κ1) is 16.0. The van der Waals surface area contributed by atoms with Gasteiger partial charge in [0.15, 0.2) is 0 Å². The van der Waals surface area contributed by atoms with Crippen LogP contribution in [0.15, 0.2) is 42.3 Å². The van der Waals surface area contributed by atoms with Gasteiger partial charge in [-0.1, -0.05) is 25.2 Å². The van der Waals surface area contributed by atoms with Crippen molar-refractivity contribution in [3.8, 4) is 5.75 Å². The molecule has 0 aliphatic carbocycles. The molecule has 4 heteroatoms. The molecule has 1 aromatic carbocycles. The summed E-state index contributed by atoms with van der Waals surface area (Å²) < 4.78 is 18.2. The number of ether oxygens (including phenoxy) is 1. The Morgan fingerprint density at radius 2 is 2.20 bits per heavy atom. The molecule has 1 rings (SSSR count). The van der Waals surface area contributed by atoms with E-state index >= 15 is 0 Å². The van der Waals surface area contributed by atoms with Crippen LogP contribution >= 0.6 is 0 Å². The fourth-order valence-electron chi connectivity index (χ4n) is 1.70. The SMILES string of the molecule is CC/C=C(/F)C/C=C\CNc1ccc(OC)cc1C=N. The molecule has 0 radical (unpaired) electrons. The van der Waals surface area contributed by atoms with Crippen LogP contribution in [-0.4, -0.2) is 19.9 Å². The van der Waals surface area contributed by atoms with E-state index in [-0.39, 0.29) is 5.83 Å². The van der Waals surface area contributed by atoms with Gasteiger partial charge in [0.25, 0.3) is 0 Å². The number of methoxy groups -OCH3 is 1. The lowest BCUT2D eigenvalue weighted by Crippen LogP contribution is -2.01. The van der Waals surface area contributed by atoms with Crippen LogP contribution < -0.4 is 10.1 Å². The Bertz CT molecular complexity index is 495. The largest absolute Gasteiger partial charge is 0.497 e. The van der Waals surface area contributed by atoms with Crippen LogP contribution in [0.5, 0.6) is 5.75 Å². The Morgan fingerprint density at radius 3 is 2.85 bits per heavy atom. The zero-order valence-electron chi connectivity index (χ0n) is 11.9. The van der Waals surface area contributed by atoms with Gasteiger partial charge in [0.05, 0.1) is 12.9 Å². The summed E-state index contributed by atoms with van der Waals surface area (Å²) in [7, 11) is 1.59. The summed E-state index contributed by atoms with van der Waals surface area (Å²) in [6, 6.07) is 5.50. The van der Waals surface area contributed by atoms with Crippen molar-refractivity contribution in [3.63, 3.8) is 0 Å². The average molecular weight is 276 g/mol. The molecule has 0 saturated carbocycles. The molecule has 0 atom stereocenters. The maximum absolute atomic E-state index is 13.1. The number of benzene rings is 1. The molecule has 0 aromatic heterocycles. The van der Waals surface area contributed by atoms with E-state index in [2.05, 4.69) is 5.32 Å². The second-order valence-corrected chi connectivity index (χ2v) is 4.21. The van der Waals surface area contributed by atoms with Crippen molar-refractivity contribution in [2.45, 2.75) is 19.8 Å². The van der Waals surface area contributed by atoms with Crippen molar-refractivity contribution in [2.75, 3.05) is 19.0 Å². The monoisotopic (exact) mass is 276 g/mol. The van der Waals surface area contributed by atoms with Crippen molar-refractivity contribution in [1.29, 1.82) is 5.41 Å². The van der Waals surface area contributed by atoms with E-state index in [0.717, 1.165) is 17.0 Å². The predicted molar refractivity (Wildman–Crippen MR) is 82.6 cm³/mol. The molecule has 0 aliphatic rings. The van der Waals surface area contributed by atoms with Gasteiger partial charge >= 0.3 is 0 Å². The summed E-state index contributed by atoms with van der Waals surface area (Å²) in [5, 5.41) is 10.6. The van der Waals surface area contributed by atoms with Crippen LogP contribution in [0.4, 0.5) is 10.1 Å². The molecule has 1 aromatic rings. The van der Waals surface area contributed by atoms with Crippen LogP contribution in [-0.2, 0) is 0 Å². The molecule has 20 heavy (non-hydrogen) atoms. The highest BCUT2D eigenvalue weighted by Crippen LogP contribution is 2.20. The van der Waals surface area contributed by atoms with Gasteiger partial charge < -0.3 is 15.5 Å². The quantitative estimate of drug-likeness (QED) is 0.549. The third-order valence-corrected chi connectivity index (χ3v) is 2.73. The highest BCUT2D eigenvalue weighted by molar-refractivity contribution is 5.86. The number of halogens is 1. The Morgan fingerprint density at radius 1 is 1.40 bits per heavy atom. The summed E-state index contributed by atoms with van der Waals surface area (Å²) in [6.07, 6.45) is 7.57. The van der Waals surface area contributed by atoms with E-state index < -0.39 is 0 Å². The lowest BCUT2D eigenvalue weighted by Gasteiger charge is -2.09. The van der Waals surface area contributed by atoms with Crippen LogP contribution in [0.1, 0.15) is 25.3 Å². The summed E-state index contributed by atoms with van der Waals surface area (Å²) in [6.45, 7) is 2.50. The normalized spacial score (nSPS) is 11.7. The first-order valence-electron chi connectivity index (χ1n) is 6.63. The molecular formula is C16H21FN2O. The average Bonchev–Trinajstić information content (AvgIpc) is 2.47. The van der Waals surface area contributed by atoms with Crippen molar-refractivity contribution < 1.29 is 9.13 Å². The zero-order chi connectivity index (χ0) is 14.8. The third kappa shape index (κ3) is 5.26. The minimum Gasteiger partial charge on any atom is -0.497 e. The Labute approximate surface area is 119 Å². The molecule has 0 spiro atoms. The van der Waals surface area contributed by atoms with Crippen LogP contribution in [0.25, 0.3) is 0 Å². The van der Waals surface area contributed by atoms with E-state index in [1.165, 1.54) is 6.21 Å². The number of nitrogens with one attached hydrogen (secondary N) is 2. The number of allylic oxidation sites excluding steroid dienone is 3. The summed E-state index contributed by atoms with van der Waals surface area (Å²) >= 11 is 0. The second kappa shape index (κ2) is 8.91. The van der Waals surface area contributed by atoms with Gasteiger partial charge in [-0.3, -0.25) is 0 Å². The maximum Gasteiger partial charge on any atom is 0.119 e. The smallest absolute Gasteiger partial charge is 0.119 e. The minimum atomic E-state index is -0.103. The molecule has 0 fully saturated rings. The topological polar surface area (TPSA) is 45.1 Å². The first-order valence-corrected chi connectivity index (χ1v) is 6.63. The second-order valence-electron chi connectivity index (χ2n) is 4.21. The third-order valence-electron chi connectivity index (χ3n) is 2.73. The van der Waals surface area contributed by atoms with Crippen molar-refractivity contribution in [1.82, 2.24) is 0 Å². The lowest BCUT2D eigenvalue weighted by molar-refractivity contribution is 0.415. The lowest BCUT2D eigenvalue weighted by atomic mass is 10.2. The van der Waals surface area contributed by atoms with E-state index in [4.69, 9.17) is 10.1 Å². The minimum absolute atomic E-state index is 0.103. The zero-order valence-corrected chi connectivity index (χ0v) is 11.9. The standard InChI is InChI=1S/C16H21FN2O/c1-3-6-14(17)7-4-5-10-19-16-9-8-15(20-2)11-13(16)12-18/h4-6,8-9,11-12,18-19H,3,7,10H2,1-2H3/b5-4-,14-6+,18-12?. The fraction of sp³-hybridized carbons (Fsp3) is 0.312. The highest BCUT2D eigenvalue weighted by Gasteiger charge is 2.00. The molecule has 108 valence electrons. The van der Waals surface area contributed by atoms with Crippen molar-refractivity contribution >= 4 is 11.9 Å². The molecule has 2 N–H and O–H groups in total. The summed E-state index contributed by atoms with van der Waals surface area (Å²) in [5.74, 6) is 0.616. The number of rotatable bonds is 8.